The highest BCUT2D eigenvalue weighted by Crippen LogP contribution is 2.41. The van der Waals surface area contributed by atoms with Gasteiger partial charge < -0.3 is 0 Å². The number of hydrogen-bond donors (Lipinski definition) is 0. The van der Waals surface area contributed by atoms with Gasteiger partial charge >= 0.3 is 0 Å². The van der Waals surface area contributed by atoms with Gasteiger partial charge in [-0.15, -0.1) is 22.7 Å². The molecule has 0 amide bonds. The summed E-state index contributed by atoms with van der Waals surface area (Å²) in [6.07, 6.45) is 14.1. The Hall–Kier alpha value is -0.383. The third-order valence-corrected chi connectivity index (χ3v) is 14.4. The maximum absolute atomic E-state index is 2.53. The van der Waals surface area contributed by atoms with Crippen LogP contribution in [0.4, 0.5) is 0 Å². The Labute approximate surface area is 176 Å². The lowest BCUT2D eigenvalue weighted by molar-refractivity contribution is 0.486. The zero-order chi connectivity index (χ0) is 19.1. The van der Waals surface area contributed by atoms with E-state index in [4.69, 9.17) is 0 Å². The van der Waals surface area contributed by atoms with Crippen molar-refractivity contribution in [3.8, 4) is 9.75 Å². The fourth-order valence-electron chi connectivity index (χ4n) is 5.10. The molecule has 1 aliphatic rings. The lowest BCUT2D eigenvalue weighted by Crippen LogP contribution is -2.55. The van der Waals surface area contributed by atoms with Gasteiger partial charge in [0.1, 0.15) is 8.07 Å². The van der Waals surface area contributed by atoms with Crippen molar-refractivity contribution in [3.05, 3.63) is 22.9 Å². The van der Waals surface area contributed by atoms with E-state index in [1.54, 1.807) is 9.75 Å². The van der Waals surface area contributed by atoms with Crippen molar-refractivity contribution < 1.29 is 0 Å². The second kappa shape index (κ2) is 10.4. The van der Waals surface area contributed by atoms with Crippen LogP contribution in [0.25, 0.3) is 9.75 Å². The fourth-order valence-corrected chi connectivity index (χ4v) is 14.6. The summed E-state index contributed by atoms with van der Waals surface area (Å²) < 4.78 is 0. The van der Waals surface area contributed by atoms with Crippen molar-refractivity contribution in [3.63, 3.8) is 0 Å². The van der Waals surface area contributed by atoms with Crippen molar-refractivity contribution in [1.82, 2.24) is 0 Å². The molecule has 0 saturated heterocycles. The van der Waals surface area contributed by atoms with Gasteiger partial charge in [0, 0.05) is 9.75 Å². The van der Waals surface area contributed by atoms with Crippen molar-refractivity contribution in [2.45, 2.75) is 97.1 Å². The van der Waals surface area contributed by atoms with Gasteiger partial charge in [-0.05, 0) is 39.1 Å². The van der Waals surface area contributed by atoms with E-state index in [1.165, 1.54) is 76.3 Å². The van der Waals surface area contributed by atoms with Gasteiger partial charge in [0.2, 0.25) is 0 Å². The zero-order valence-corrected chi connectivity index (χ0v) is 20.3. The van der Waals surface area contributed by atoms with Gasteiger partial charge in [0.15, 0.2) is 0 Å². The Morgan fingerprint density at radius 1 is 0.778 bits per heavy atom. The van der Waals surface area contributed by atoms with Crippen molar-refractivity contribution >= 4 is 41.1 Å². The van der Waals surface area contributed by atoms with Gasteiger partial charge in [-0.25, -0.2) is 0 Å². The summed E-state index contributed by atoms with van der Waals surface area (Å²) >= 11 is 4.02. The molecule has 0 fully saturated rings. The predicted octanol–water partition coefficient (Wildman–Crippen LogP) is 7.93. The highest BCUT2D eigenvalue weighted by Gasteiger charge is 2.47. The van der Waals surface area contributed by atoms with Crippen LogP contribution >= 0.6 is 22.7 Å². The van der Waals surface area contributed by atoms with E-state index in [-0.39, 0.29) is 0 Å². The summed E-state index contributed by atoms with van der Waals surface area (Å²) in [4.78, 5) is 3.31. The summed E-state index contributed by atoms with van der Waals surface area (Å²) in [5.41, 5.74) is 0. The van der Waals surface area contributed by atoms with E-state index < -0.39 is 8.07 Å². The highest BCUT2D eigenvalue weighted by molar-refractivity contribution is 7.27. The van der Waals surface area contributed by atoms with E-state index in [1.807, 2.05) is 33.0 Å². The molecule has 2 aromatic heterocycles. The molecule has 1 unspecified atom stereocenters. The average Bonchev–Trinajstić information content (AvgIpc) is 3.38. The topological polar surface area (TPSA) is 0 Å². The second-order valence-corrected chi connectivity index (χ2v) is 14.5. The minimum Gasteiger partial charge on any atom is -0.143 e. The van der Waals surface area contributed by atoms with Gasteiger partial charge in [-0.3, -0.25) is 0 Å². The van der Waals surface area contributed by atoms with Gasteiger partial charge in [-0.2, -0.15) is 0 Å². The number of thiophene rings is 2. The Morgan fingerprint density at radius 2 is 1.37 bits per heavy atom. The molecular formula is C24H38S2Si. The molecule has 3 heteroatoms. The first-order chi connectivity index (χ1) is 13.3. The highest BCUT2D eigenvalue weighted by atomic mass is 32.1. The molecule has 0 nitrogen and oxygen atoms in total. The Morgan fingerprint density at radius 3 is 1.96 bits per heavy atom. The third-order valence-electron chi connectivity index (χ3n) is 6.71. The van der Waals surface area contributed by atoms with Gasteiger partial charge in [-0.1, -0.05) is 97.1 Å². The van der Waals surface area contributed by atoms with E-state index in [2.05, 4.69) is 43.7 Å². The summed E-state index contributed by atoms with van der Waals surface area (Å²) in [7, 11) is -1.55. The monoisotopic (exact) mass is 418 g/mol. The molecule has 0 aliphatic carbocycles. The van der Waals surface area contributed by atoms with Crippen LogP contribution in [0, 0.1) is 5.92 Å². The average molecular weight is 419 g/mol. The lowest BCUT2D eigenvalue weighted by Gasteiger charge is -2.32. The smallest absolute Gasteiger partial charge is 0.122 e. The van der Waals surface area contributed by atoms with Gasteiger partial charge in [0.25, 0.3) is 0 Å². The van der Waals surface area contributed by atoms with Crippen molar-refractivity contribution in [2.75, 3.05) is 0 Å². The molecule has 150 valence electrons. The molecular weight excluding hydrogens is 380 g/mol. The van der Waals surface area contributed by atoms with Crippen LogP contribution in [0.5, 0.6) is 0 Å². The summed E-state index contributed by atoms with van der Waals surface area (Å²) in [5.74, 6) is 0.926. The number of hydrogen-bond acceptors (Lipinski definition) is 2. The Kier molecular flexibility index (Phi) is 8.22. The van der Waals surface area contributed by atoms with E-state index >= 15 is 0 Å². The minimum atomic E-state index is -1.55. The van der Waals surface area contributed by atoms with Crippen molar-refractivity contribution in [2.24, 2.45) is 5.92 Å². The number of unbranched alkanes of at least 4 members (excludes halogenated alkanes) is 6. The first-order valence-corrected chi connectivity index (χ1v) is 15.6. The third kappa shape index (κ3) is 4.62. The van der Waals surface area contributed by atoms with Crippen molar-refractivity contribution in [1.29, 1.82) is 0 Å². The molecule has 0 aromatic carbocycles. The summed E-state index contributed by atoms with van der Waals surface area (Å²) in [6.45, 7) is 7.10. The maximum Gasteiger partial charge on any atom is 0.122 e. The van der Waals surface area contributed by atoms with Crippen LogP contribution in [0.1, 0.15) is 85.0 Å². The lowest BCUT2D eigenvalue weighted by atomic mass is 10.0. The SMILES string of the molecule is CCCCCCCC[Si]1(CC(CC)CCCC)c2ccsc2-c2sccc21. The molecule has 0 spiro atoms. The van der Waals surface area contributed by atoms with Gasteiger partial charge in [0.05, 0.1) is 0 Å². The fraction of sp³-hybridized carbons (Fsp3) is 0.667. The molecule has 0 N–H and O–H groups in total. The molecule has 0 bridgehead atoms. The first kappa shape index (κ1) is 21.3. The maximum atomic E-state index is 2.53. The largest absolute Gasteiger partial charge is 0.143 e. The normalized spacial score (nSPS) is 15.7. The molecule has 3 heterocycles. The summed E-state index contributed by atoms with van der Waals surface area (Å²) in [5, 5.41) is 8.39. The van der Waals surface area contributed by atoms with Crippen LogP contribution in [-0.2, 0) is 0 Å². The summed E-state index contributed by atoms with van der Waals surface area (Å²) in [6, 6.07) is 8.06. The molecule has 0 saturated carbocycles. The van der Waals surface area contributed by atoms with Crippen LogP contribution in [0.2, 0.25) is 12.1 Å². The molecule has 27 heavy (non-hydrogen) atoms. The Balaban J connectivity index is 1.80. The Bertz CT molecular complexity index is 644. The first-order valence-electron chi connectivity index (χ1n) is 11.4. The number of fused-ring (bicyclic) bond motifs is 3. The van der Waals surface area contributed by atoms with Crippen LogP contribution in [0.3, 0.4) is 0 Å². The molecule has 0 radical (unpaired) electrons. The molecule has 3 rings (SSSR count). The standard InChI is InChI=1S/C24H38S2Si/c1-4-7-9-10-11-12-18-27(19-20(6-3)13-8-5-2)21-14-16-25-23(21)24-22(27)15-17-26-24/h14-17,20H,4-13,18-19H2,1-3H3. The quantitative estimate of drug-likeness (QED) is 0.229. The zero-order valence-electron chi connectivity index (χ0n) is 17.7. The molecule has 2 aromatic rings. The second-order valence-electron chi connectivity index (χ2n) is 8.55. The van der Waals surface area contributed by atoms with Crippen LogP contribution in [0.15, 0.2) is 22.9 Å². The predicted molar refractivity (Wildman–Crippen MR) is 129 cm³/mol. The van der Waals surface area contributed by atoms with E-state index in [0.29, 0.717) is 0 Å². The number of rotatable bonds is 13. The molecule has 1 aliphatic heterocycles. The minimum absolute atomic E-state index is 0.926. The van der Waals surface area contributed by atoms with Crippen LogP contribution in [-0.4, -0.2) is 8.07 Å². The van der Waals surface area contributed by atoms with Crippen LogP contribution < -0.4 is 10.4 Å². The van der Waals surface area contributed by atoms with E-state index in [0.717, 1.165) is 5.92 Å². The van der Waals surface area contributed by atoms with E-state index in [9.17, 15) is 0 Å². The molecule has 1 atom stereocenters.